The number of fused-ring (bicyclic) bond motifs is 8. The molecule has 0 saturated carbocycles. The molecule has 1 aliphatic rings. The highest BCUT2D eigenvalue weighted by molar-refractivity contribution is 8.00. The number of nitrogens with one attached hydrogen (secondary N) is 1. The largest absolute Gasteiger partial charge is 0.455 e. The molecule has 1 atom stereocenters. The lowest BCUT2D eigenvalue weighted by atomic mass is 9.98. The van der Waals surface area contributed by atoms with Crippen LogP contribution >= 0.6 is 11.8 Å². The van der Waals surface area contributed by atoms with Crippen LogP contribution in [0.1, 0.15) is 10.9 Å². The van der Waals surface area contributed by atoms with Gasteiger partial charge >= 0.3 is 0 Å². The van der Waals surface area contributed by atoms with Gasteiger partial charge in [0.15, 0.2) is 0 Å². The van der Waals surface area contributed by atoms with Crippen molar-refractivity contribution in [2.24, 2.45) is 0 Å². The van der Waals surface area contributed by atoms with E-state index in [-0.39, 0.29) is 5.37 Å². The van der Waals surface area contributed by atoms with Crippen molar-refractivity contribution >= 4 is 61.2 Å². The third-order valence-corrected chi connectivity index (χ3v) is 10.7. The number of anilines is 1. The van der Waals surface area contributed by atoms with Crippen LogP contribution in [0.3, 0.4) is 0 Å². The molecule has 0 bridgehead atoms. The minimum Gasteiger partial charge on any atom is -0.455 e. The Labute approximate surface area is 276 Å². The first kappa shape index (κ1) is 26.5. The van der Waals surface area contributed by atoms with Crippen LogP contribution in [0.25, 0.3) is 71.7 Å². The van der Waals surface area contributed by atoms with E-state index in [1.165, 1.54) is 54.5 Å². The molecular weight excluding hydrogens is 593 g/mol. The molecule has 0 aliphatic carbocycles. The second-order valence-corrected chi connectivity index (χ2v) is 13.2. The molecule has 1 aliphatic heterocycles. The summed E-state index contributed by atoms with van der Waals surface area (Å²) < 4.78 is 8.90. The van der Waals surface area contributed by atoms with Crippen LogP contribution in [0.15, 0.2) is 167 Å². The highest BCUT2D eigenvalue weighted by atomic mass is 32.2. The number of rotatable bonds is 4. The summed E-state index contributed by atoms with van der Waals surface area (Å²) in [5, 5.41) is 8.85. The number of hydrogen-bond donors (Lipinski definition) is 1. The zero-order valence-electron chi connectivity index (χ0n) is 25.4. The van der Waals surface area contributed by atoms with Crippen molar-refractivity contribution in [3.63, 3.8) is 0 Å². The molecule has 4 heteroatoms. The Morgan fingerprint density at radius 1 is 0.553 bits per heavy atom. The molecule has 0 spiro atoms. The fourth-order valence-electron chi connectivity index (χ4n) is 7.32. The van der Waals surface area contributed by atoms with E-state index in [1.807, 2.05) is 17.8 Å². The maximum absolute atomic E-state index is 6.52. The van der Waals surface area contributed by atoms with E-state index < -0.39 is 0 Å². The molecule has 1 unspecified atom stereocenters. The summed E-state index contributed by atoms with van der Waals surface area (Å²) in [5.41, 5.74) is 12.6. The minimum atomic E-state index is 0.0951. The number of aromatic nitrogens is 1. The predicted octanol–water partition coefficient (Wildman–Crippen LogP) is 12.2. The average molecular weight is 621 g/mol. The van der Waals surface area contributed by atoms with Crippen LogP contribution < -0.4 is 5.32 Å². The van der Waals surface area contributed by atoms with Crippen LogP contribution in [0.5, 0.6) is 0 Å². The summed E-state index contributed by atoms with van der Waals surface area (Å²) in [7, 11) is 0. The van der Waals surface area contributed by atoms with Crippen LogP contribution in [0, 0.1) is 0 Å². The van der Waals surface area contributed by atoms with Gasteiger partial charge in [0, 0.05) is 37.7 Å². The van der Waals surface area contributed by atoms with Gasteiger partial charge in [0.1, 0.15) is 16.5 Å². The zero-order chi connectivity index (χ0) is 30.9. The number of thioether (sulfide) groups is 1. The molecule has 3 heterocycles. The SMILES string of the molecule is c1ccc(-c2cc3c(c4c2oc2ccccc24)SC(c2ccc(-c4cccc5c4c4ccccc4n5-c4ccccc4)cc2)N3)cc1. The summed E-state index contributed by atoms with van der Waals surface area (Å²) in [6.07, 6.45) is 0. The lowest BCUT2D eigenvalue weighted by Crippen LogP contribution is -2.01. The molecular formula is C43H28N2OS. The Kier molecular flexibility index (Phi) is 5.87. The van der Waals surface area contributed by atoms with Gasteiger partial charge in [-0.3, -0.25) is 0 Å². The van der Waals surface area contributed by atoms with E-state index in [2.05, 4.69) is 162 Å². The van der Waals surface area contributed by atoms with Crippen LogP contribution in [0.4, 0.5) is 5.69 Å². The average Bonchev–Trinajstić information content (AvgIpc) is 3.84. The van der Waals surface area contributed by atoms with Gasteiger partial charge in [0.05, 0.1) is 16.7 Å². The van der Waals surface area contributed by atoms with Crippen LogP contribution in [0.2, 0.25) is 0 Å². The highest BCUT2D eigenvalue weighted by Gasteiger charge is 2.29. The maximum Gasteiger partial charge on any atom is 0.144 e. The first-order chi connectivity index (χ1) is 23.3. The topological polar surface area (TPSA) is 30.1 Å². The van der Waals surface area contributed by atoms with Crippen molar-refractivity contribution in [1.82, 2.24) is 4.57 Å². The van der Waals surface area contributed by atoms with Gasteiger partial charge in [-0.2, -0.15) is 0 Å². The molecule has 9 aromatic rings. The van der Waals surface area contributed by atoms with Crippen molar-refractivity contribution in [3.05, 3.63) is 163 Å². The number of furan rings is 1. The second-order valence-electron chi connectivity index (χ2n) is 12.1. The standard InChI is InChI=1S/C43H28N2OS/c1-3-12-27(13-4-1)34-26-35-42(40-33-17-8-10-21-38(33)46-41(34)40)47-43(44-35)29-24-22-28(23-25-29)31-18-11-20-37-39(31)32-16-7-9-19-36(32)45(37)30-14-5-2-6-15-30/h1-26,43-44H. The molecule has 2 aromatic heterocycles. The van der Waals surface area contributed by atoms with Crippen LogP contribution in [-0.4, -0.2) is 4.57 Å². The lowest BCUT2D eigenvalue weighted by Gasteiger charge is -2.13. The van der Waals surface area contributed by atoms with Crippen LogP contribution in [-0.2, 0) is 0 Å². The van der Waals surface area contributed by atoms with Crippen molar-refractivity contribution in [3.8, 4) is 27.9 Å². The zero-order valence-corrected chi connectivity index (χ0v) is 26.2. The smallest absolute Gasteiger partial charge is 0.144 e. The first-order valence-corrected chi connectivity index (χ1v) is 16.8. The molecule has 0 fully saturated rings. The third kappa shape index (κ3) is 4.08. The Morgan fingerprint density at radius 3 is 2.06 bits per heavy atom. The molecule has 10 rings (SSSR count). The molecule has 47 heavy (non-hydrogen) atoms. The molecule has 3 nitrogen and oxygen atoms in total. The fraction of sp³-hybridized carbons (Fsp3) is 0.0233. The minimum absolute atomic E-state index is 0.0951. The molecule has 0 amide bonds. The highest BCUT2D eigenvalue weighted by Crippen LogP contribution is 2.54. The monoisotopic (exact) mass is 620 g/mol. The maximum atomic E-state index is 6.52. The lowest BCUT2D eigenvalue weighted by molar-refractivity contribution is 0.669. The number of para-hydroxylation sites is 3. The molecule has 0 radical (unpaired) electrons. The van der Waals surface area contributed by atoms with Crippen molar-refractivity contribution in [2.75, 3.05) is 5.32 Å². The Hall–Kier alpha value is -5.71. The number of hydrogen-bond acceptors (Lipinski definition) is 3. The van der Waals surface area contributed by atoms with E-state index in [0.717, 1.165) is 33.4 Å². The molecule has 1 N–H and O–H groups in total. The van der Waals surface area contributed by atoms with E-state index in [1.54, 1.807) is 0 Å². The first-order valence-electron chi connectivity index (χ1n) is 16.0. The van der Waals surface area contributed by atoms with Gasteiger partial charge in [-0.1, -0.05) is 133 Å². The summed E-state index contributed by atoms with van der Waals surface area (Å²) in [5.74, 6) is 0. The van der Waals surface area contributed by atoms with E-state index in [0.29, 0.717) is 0 Å². The number of nitrogens with zero attached hydrogens (tertiary/aromatic N) is 1. The Balaban J connectivity index is 1.06. The van der Waals surface area contributed by atoms with E-state index in [4.69, 9.17) is 4.42 Å². The van der Waals surface area contributed by atoms with Crippen molar-refractivity contribution < 1.29 is 4.42 Å². The van der Waals surface area contributed by atoms with Crippen molar-refractivity contribution in [1.29, 1.82) is 0 Å². The summed E-state index contributed by atoms with van der Waals surface area (Å²) in [6.45, 7) is 0. The summed E-state index contributed by atoms with van der Waals surface area (Å²) in [6, 6.07) is 56.4. The van der Waals surface area contributed by atoms with Crippen molar-refractivity contribution in [2.45, 2.75) is 10.3 Å². The Bertz CT molecular complexity index is 2620. The van der Waals surface area contributed by atoms with E-state index >= 15 is 0 Å². The molecule has 0 saturated heterocycles. The number of benzene rings is 7. The quantitative estimate of drug-likeness (QED) is 0.212. The summed E-state index contributed by atoms with van der Waals surface area (Å²) in [4.78, 5) is 1.25. The third-order valence-electron chi connectivity index (χ3n) is 9.44. The summed E-state index contributed by atoms with van der Waals surface area (Å²) >= 11 is 1.87. The van der Waals surface area contributed by atoms with Gasteiger partial charge in [-0.25, -0.2) is 0 Å². The van der Waals surface area contributed by atoms with Gasteiger partial charge in [-0.15, -0.1) is 0 Å². The molecule has 7 aromatic carbocycles. The van der Waals surface area contributed by atoms with E-state index in [9.17, 15) is 0 Å². The van der Waals surface area contributed by atoms with Gasteiger partial charge in [0.25, 0.3) is 0 Å². The van der Waals surface area contributed by atoms with Gasteiger partial charge in [0.2, 0.25) is 0 Å². The Morgan fingerprint density at radius 2 is 1.23 bits per heavy atom. The van der Waals surface area contributed by atoms with Gasteiger partial charge < -0.3 is 14.3 Å². The second kappa shape index (κ2) is 10.4. The van der Waals surface area contributed by atoms with Gasteiger partial charge in [-0.05, 0) is 58.7 Å². The fourth-order valence-corrected chi connectivity index (χ4v) is 8.61. The normalized spacial score (nSPS) is 14.3. The predicted molar refractivity (Wildman–Crippen MR) is 198 cm³/mol. The molecule has 222 valence electrons.